The van der Waals surface area contributed by atoms with E-state index in [1.807, 2.05) is 0 Å². The highest BCUT2D eigenvalue weighted by Gasteiger charge is 2.22. The molecule has 1 aliphatic rings. The molecule has 0 spiro atoms. The van der Waals surface area contributed by atoms with Crippen molar-refractivity contribution in [2.24, 2.45) is 0 Å². The Bertz CT molecular complexity index is 657. The van der Waals surface area contributed by atoms with Crippen LogP contribution in [0, 0.1) is 0 Å². The first kappa shape index (κ1) is 18.5. The van der Waals surface area contributed by atoms with Crippen molar-refractivity contribution in [1.29, 1.82) is 0 Å². The molecular weight excluding hydrogens is 359 g/mol. The number of nitrogens with one attached hydrogen (secondary N) is 1. The van der Waals surface area contributed by atoms with Gasteiger partial charge in [0, 0.05) is 25.2 Å². The first-order valence-corrected chi connectivity index (χ1v) is 9.98. The predicted molar refractivity (Wildman–Crippen MR) is 92.6 cm³/mol. The van der Waals surface area contributed by atoms with Gasteiger partial charge in [0.1, 0.15) is 0 Å². The molecule has 2 rings (SSSR count). The van der Waals surface area contributed by atoms with Gasteiger partial charge in [0.15, 0.2) is 0 Å². The van der Waals surface area contributed by atoms with Crippen LogP contribution in [0.3, 0.4) is 0 Å². The van der Waals surface area contributed by atoms with Crippen molar-refractivity contribution in [3.63, 3.8) is 0 Å². The van der Waals surface area contributed by atoms with E-state index >= 15 is 0 Å². The van der Waals surface area contributed by atoms with Crippen molar-refractivity contribution in [2.75, 3.05) is 25.4 Å². The second kappa shape index (κ2) is 8.33. The smallest absolute Gasteiger partial charge is 0.251 e. The summed E-state index contributed by atoms with van der Waals surface area (Å²) in [4.78, 5) is 12.0. The second-order valence-electron chi connectivity index (χ2n) is 5.51. The summed E-state index contributed by atoms with van der Waals surface area (Å²) in [7, 11) is -3.33. The van der Waals surface area contributed by atoms with E-state index in [0.29, 0.717) is 23.7 Å². The summed E-state index contributed by atoms with van der Waals surface area (Å²) < 4.78 is 26.1. The number of halogens is 2. The molecule has 1 saturated heterocycles. The summed E-state index contributed by atoms with van der Waals surface area (Å²) in [5, 5.41) is 3.27. The third-order valence-corrected chi connectivity index (χ3v) is 6.40. The maximum absolute atomic E-state index is 12.3. The van der Waals surface area contributed by atoms with Crippen LogP contribution >= 0.6 is 23.2 Å². The van der Waals surface area contributed by atoms with Crippen molar-refractivity contribution >= 4 is 39.1 Å². The first-order chi connectivity index (χ1) is 10.9. The van der Waals surface area contributed by atoms with E-state index < -0.39 is 10.0 Å². The lowest BCUT2D eigenvalue weighted by molar-refractivity contribution is 0.0956. The monoisotopic (exact) mass is 378 g/mol. The molecule has 23 heavy (non-hydrogen) atoms. The highest BCUT2D eigenvalue weighted by molar-refractivity contribution is 7.89. The van der Waals surface area contributed by atoms with Gasteiger partial charge < -0.3 is 5.32 Å². The van der Waals surface area contributed by atoms with Gasteiger partial charge in [0.2, 0.25) is 10.0 Å². The van der Waals surface area contributed by atoms with E-state index in [1.54, 1.807) is 6.07 Å². The van der Waals surface area contributed by atoms with Gasteiger partial charge in [-0.2, -0.15) is 0 Å². The number of benzene rings is 1. The minimum absolute atomic E-state index is 0.0674. The Labute approximate surface area is 147 Å². The van der Waals surface area contributed by atoms with Crippen molar-refractivity contribution in [2.45, 2.75) is 25.7 Å². The van der Waals surface area contributed by atoms with Crippen LogP contribution < -0.4 is 5.32 Å². The van der Waals surface area contributed by atoms with Crippen molar-refractivity contribution in [1.82, 2.24) is 9.62 Å². The van der Waals surface area contributed by atoms with Gasteiger partial charge in [-0.1, -0.05) is 36.0 Å². The van der Waals surface area contributed by atoms with Gasteiger partial charge in [-0.3, -0.25) is 4.79 Å². The largest absolute Gasteiger partial charge is 0.351 e. The molecule has 1 aliphatic heterocycles. The lowest BCUT2D eigenvalue weighted by Gasteiger charge is -2.19. The van der Waals surface area contributed by atoms with Crippen LogP contribution in [0.2, 0.25) is 10.0 Å². The van der Waals surface area contributed by atoms with Crippen LogP contribution in [0.25, 0.3) is 0 Å². The second-order valence-corrected chi connectivity index (χ2v) is 8.42. The maximum atomic E-state index is 12.3. The minimum atomic E-state index is -3.33. The fourth-order valence-electron chi connectivity index (χ4n) is 2.48. The van der Waals surface area contributed by atoms with Gasteiger partial charge >= 0.3 is 0 Å². The van der Waals surface area contributed by atoms with Crippen LogP contribution in [0.5, 0.6) is 0 Å². The zero-order chi connectivity index (χ0) is 16.9. The lowest BCUT2D eigenvalue weighted by Crippen LogP contribution is -2.38. The molecule has 8 heteroatoms. The van der Waals surface area contributed by atoms with E-state index in [0.717, 1.165) is 25.7 Å². The van der Waals surface area contributed by atoms with Crippen molar-refractivity contribution in [3.05, 3.63) is 33.8 Å². The number of carbonyl (C=O) groups is 1. The highest BCUT2D eigenvalue weighted by atomic mass is 35.5. The lowest BCUT2D eigenvalue weighted by atomic mass is 10.2. The molecule has 1 aromatic rings. The number of sulfonamides is 1. The molecule has 0 aromatic heterocycles. The van der Waals surface area contributed by atoms with Crippen LogP contribution in [0.15, 0.2) is 18.2 Å². The number of nitrogens with zero attached hydrogens (tertiary/aromatic N) is 1. The number of rotatable bonds is 5. The number of hydrogen-bond acceptors (Lipinski definition) is 3. The molecule has 0 atom stereocenters. The van der Waals surface area contributed by atoms with Crippen molar-refractivity contribution < 1.29 is 13.2 Å². The predicted octanol–water partition coefficient (Wildman–Crippen LogP) is 2.93. The fraction of sp³-hybridized carbons (Fsp3) is 0.533. The first-order valence-electron chi connectivity index (χ1n) is 7.61. The SMILES string of the molecule is O=C(NCCS(=O)(=O)N1CCCCCC1)c1ccc(Cl)c(Cl)c1. The van der Waals surface area contributed by atoms with E-state index in [-0.39, 0.29) is 23.2 Å². The minimum Gasteiger partial charge on any atom is -0.351 e. The molecular formula is C15H20Cl2N2O3S. The Morgan fingerprint density at radius 2 is 1.74 bits per heavy atom. The van der Waals surface area contributed by atoms with E-state index in [2.05, 4.69) is 5.32 Å². The molecule has 1 aromatic carbocycles. The average molecular weight is 379 g/mol. The Kier molecular flexibility index (Phi) is 6.71. The molecule has 0 radical (unpaired) electrons. The quantitative estimate of drug-likeness (QED) is 0.856. The molecule has 1 heterocycles. The number of amides is 1. The zero-order valence-corrected chi connectivity index (χ0v) is 15.1. The summed E-state index contributed by atoms with van der Waals surface area (Å²) in [5.74, 6) is -0.463. The topological polar surface area (TPSA) is 66.5 Å². The molecule has 0 aliphatic carbocycles. The van der Waals surface area contributed by atoms with Gasteiger partial charge in [0.25, 0.3) is 5.91 Å². The van der Waals surface area contributed by atoms with Gasteiger partial charge in [-0.15, -0.1) is 0 Å². The maximum Gasteiger partial charge on any atom is 0.251 e. The summed E-state index contributed by atoms with van der Waals surface area (Å²) in [5.41, 5.74) is 0.353. The Morgan fingerprint density at radius 1 is 1.09 bits per heavy atom. The normalized spacial score (nSPS) is 16.8. The van der Waals surface area contributed by atoms with Gasteiger partial charge in [-0.25, -0.2) is 12.7 Å². The summed E-state index contributed by atoms with van der Waals surface area (Å²) in [6, 6.07) is 4.54. The molecule has 1 fully saturated rings. The van der Waals surface area contributed by atoms with E-state index in [9.17, 15) is 13.2 Å². The molecule has 1 N–H and O–H groups in total. The molecule has 0 bridgehead atoms. The molecule has 128 valence electrons. The van der Waals surface area contributed by atoms with Crippen LogP contribution in [0.4, 0.5) is 0 Å². The molecule has 0 saturated carbocycles. The van der Waals surface area contributed by atoms with Gasteiger partial charge in [0.05, 0.1) is 15.8 Å². The van der Waals surface area contributed by atoms with Crippen molar-refractivity contribution in [3.8, 4) is 0 Å². The zero-order valence-electron chi connectivity index (χ0n) is 12.7. The summed E-state index contributed by atoms with van der Waals surface area (Å²) in [6.07, 6.45) is 3.93. The third-order valence-electron chi connectivity index (χ3n) is 3.79. The number of carbonyl (C=O) groups excluding carboxylic acids is 1. The summed E-state index contributed by atoms with van der Waals surface area (Å²) in [6.45, 7) is 1.21. The molecule has 1 amide bonds. The third kappa shape index (κ3) is 5.35. The average Bonchev–Trinajstić information content (AvgIpc) is 2.79. The van der Waals surface area contributed by atoms with E-state index in [1.165, 1.54) is 16.4 Å². The van der Waals surface area contributed by atoms with Crippen LogP contribution in [0.1, 0.15) is 36.0 Å². The van der Waals surface area contributed by atoms with Crippen LogP contribution in [-0.2, 0) is 10.0 Å². The highest BCUT2D eigenvalue weighted by Crippen LogP contribution is 2.22. The fourth-order valence-corrected chi connectivity index (χ4v) is 4.21. The summed E-state index contributed by atoms with van der Waals surface area (Å²) >= 11 is 11.7. The standard InChI is InChI=1S/C15H20Cl2N2O3S/c16-13-6-5-12(11-14(13)17)15(20)18-7-10-23(21,22)19-8-3-1-2-4-9-19/h5-6,11H,1-4,7-10H2,(H,18,20). The Balaban J connectivity index is 1.87. The Morgan fingerprint density at radius 3 is 2.35 bits per heavy atom. The number of hydrogen-bond donors (Lipinski definition) is 1. The molecule has 0 unspecified atom stereocenters. The Hall–Kier alpha value is -0.820. The van der Waals surface area contributed by atoms with Gasteiger partial charge in [-0.05, 0) is 31.0 Å². The van der Waals surface area contributed by atoms with E-state index in [4.69, 9.17) is 23.2 Å². The van der Waals surface area contributed by atoms with Crippen LogP contribution in [-0.4, -0.2) is 44.0 Å². The molecule has 5 nitrogen and oxygen atoms in total.